The van der Waals surface area contributed by atoms with E-state index in [0.29, 0.717) is 0 Å². The van der Waals surface area contributed by atoms with Crippen molar-refractivity contribution in [3.05, 3.63) is 35.6 Å². The number of carbonyl (C=O) groups is 3. The van der Waals surface area contributed by atoms with Crippen molar-refractivity contribution in [1.82, 2.24) is 15.3 Å². The molecule has 0 saturated carbocycles. The van der Waals surface area contributed by atoms with E-state index in [9.17, 15) is 14.4 Å². The Morgan fingerprint density at radius 3 is 2.80 bits per heavy atom. The molecule has 0 fully saturated rings. The van der Waals surface area contributed by atoms with Crippen LogP contribution in [0.4, 0.5) is 0 Å². The van der Waals surface area contributed by atoms with Crippen LogP contribution in [0.3, 0.4) is 0 Å². The van der Waals surface area contributed by atoms with Crippen LogP contribution >= 0.6 is 0 Å². The first-order chi connectivity index (χ1) is 14.3. The van der Waals surface area contributed by atoms with Gasteiger partial charge in [0.1, 0.15) is 12.1 Å². The Hall–Kier alpha value is -3.36. The first-order valence-corrected chi connectivity index (χ1v) is 9.50. The zero-order valence-corrected chi connectivity index (χ0v) is 17.1. The normalized spacial score (nSPS) is 12.8. The molecule has 0 saturated heterocycles. The smallest absolute Gasteiger partial charge is 0.328 e. The number of fused-ring (bicyclic) bond motifs is 1. The zero-order valence-electron chi connectivity index (χ0n) is 17.1. The largest absolute Gasteiger partial charge is 0.461 e. The van der Waals surface area contributed by atoms with E-state index in [2.05, 4.69) is 20.1 Å². The van der Waals surface area contributed by atoms with Gasteiger partial charge in [0.15, 0.2) is 0 Å². The highest BCUT2D eigenvalue weighted by molar-refractivity contribution is 6.25. The van der Waals surface area contributed by atoms with Crippen molar-refractivity contribution in [2.24, 2.45) is 0 Å². The van der Waals surface area contributed by atoms with Crippen molar-refractivity contribution < 1.29 is 28.6 Å². The molecular weight excluding hydrogens is 390 g/mol. The van der Waals surface area contributed by atoms with Crippen LogP contribution in [0, 0.1) is 0 Å². The Morgan fingerprint density at radius 1 is 1.37 bits per heavy atom. The zero-order chi connectivity index (χ0) is 22.1. The molecule has 0 aliphatic carbocycles. The molecule has 2 rings (SSSR count). The lowest BCUT2D eigenvalue weighted by atomic mass is 10.1. The van der Waals surface area contributed by atoms with Crippen molar-refractivity contribution in [1.29, 1.82) is 0 Å². The second-order valence-electron chi connectivity index (χ2n) is 6.94. The number of aromatic nitrogens is 2. The van der Waals surface area contributed by atoms with Crippen molar-refractivity contribution in [2.45, 2.75) is 51.4 Å². The summed E-state index contributed by atoms with van der Waals surface area (Å²) in [5, 5.41) is 2.60. The number of hydrogen-bond acceptors (Lipinski definition) is 6. The number of amides is 1. The molecule has 10 nitrogen and oxygen atoms in total. The molecule has 2 atom stereocenters. The molecule has 0 aromatic carbocycles. The van der Waals surface area contributed by atoms with Crippen molar-refractivity contribution in [3.8, 4) is 0 Å². The van der Waals surface area contributed by atoms with Crippen molar-refractivity contribution in [3.63, 3.8) is 0 Å². The van der Waals surface area contributed by atoms with E-state index >= 15 is 0 Å². The van der Waals surface area contributed by atoms with E-state index < -0.39 is 29.8 Å². The van der Waals surface area contributed by atoms with Gasteiger partial charge in [-0.2, -0.15) is 4.79 Å². The summed E-state index contributed by atoms with van der Waals surface area (Å²) in [6.07, 6.45) is 3.02. The number of nitrogens with one attached hydrogen (secondary N) is 2. The fraction of sp³-hybridized carbons (Fsp3) is 0.450. The molecule has 0 radical (unpaired) electrons. The molecular formula is C20H25N5O5. The first kappa shape index (κ1) is 22.9. The fourth-order valence-electron chi connectivity index (χ4n) is 2.89. The van der Waals surface area contributed by atoms with Crippen LogP contribution in [0.5, 0.6) is 0 Å². The third-order valence-electron chi connectivity index (χ3n) is 4.33. The summed E-state index contributed by atoms with van der Waals surface area (Å²) in [6.45, 7) is 3.37. The number of rotatable bonds is 11. The van der Waals surface area contributed by atoms with Gasteiger partial charge >= 0.3 is 12.2 Å². The number of esters is 1. The molecule has 0 bridgehead atoms. The Kier molecular flexibility index (Phi) is 8.40. The molecule has 0 aliphatic rings. The highest BCUT2D eigenvalue weighted by atomic mass is 16.5. The quantitative estimate of drug-likeness (QED) is 0.244. The summed E-state index contributed by atoms with van der Waals surface area (Å²) in [5.74, 6) is -1.66. The van der Waals surface area contributed by atoms with E-state index in [0.717, 1.165) is 22.8 Å². The molecule has 10 heteroatoms. The van der Waals surface area contributed by atoms with Crippen LogP contribution in [-0.4, -0.2) is 64.0 Å². The Bertz CT molecular complexity index is 948. The highest BCUT2D eigenvalue weighted by Crippen LogP contribution is 2.17. The van der Waals surface area contributed by atoms with Crippen molar-refractivity contribution >= 4 is 34.9 Å². The van der Waals surface area contributed by atoms with E-state index in [4.69, 9.17) is 15.0 Å². The highest BCUT2D eigenvalue weighted by Gasteiger charge is 2.28. The minimum Gasteiger partial charge on any atom is -0.461 e. The van der Waals surface area contributed by atoms with Gasteiger partial charge in [0.2, 0.25) is 11.7 Å². The Balaban J connectivity index is 2.10. The maximum atomic E-state index is 12.8. The number of ketones is 1. The van der Waals surface area contributed by atoms with E-state index in [1.54, 1.807) is 32.3 Å². The fourth-order valence-corrected chi connectivity index (χ4v) is 2.89. The Morgan fingerprint density at radius 2 is 2.13 bits per heavy atom. The number of aromatic amines is 1. The minimum absolute atomic E-state index is 0.00672. The van der Waals surface area contributed by atoms with Gasteiger partial charge in [-0.05, 0) is 38.0 Å². The molecule has 2 aromatic rings. The van der Waals surface area contributed by atoms with E-state index in [-0.39, 0.29) is 25.4 Å². The van der Waals surface area contributed by atoms with Crippen LogP contribution < -0.4 is 5.32 Å². The maximum Gasteiger partial charge on any atom is 0.328 e. The third kappa shape index (κ3) is 6.33. The summed E-state index contributed by atoms with van der Waals surface area (Å²) in [7, 11) is 1.40. The van der Waals surface area contributed by atoms with Crippen LogP contribution in [0.25, 0.3) is 16.6 Å². The second kappa shape index (κ2) is 11.0. The number of hydrogen-bond donors (Lipinski definition) is 2. The summed E-state index contributed by atoms with van der Waals surface area (Å²) >= 11 is 0. The van der Waals surface area contributed by atoms with Crippen molar-refractivity contribution in [2.75, 3.05) is 7.11 Å². The monoisotopic (exact) mass is 415 g/mol. The SMILES string of the molecule is CO[C@@H](Cc1c[nH]c2cccnc12)C(=O)N[C@@H](CCC(=O)C=[N+]=[N-])C(=O)OC(C)C. The van der Waals surface area contributed by atoms with Gasteiger partial charge < -0.3 is 25.3 Å². The summed E-state index contributed by atoms with van der Waals surface area (Å²) < 4.78 is 10.5. The number of nitrogens with zero attached hydrogens (tertiary/aromatic N) is 3. The average molecular weight is 415 g/mol. The predicted octanol–water partition coefficient (Wildman–Crippen LogP) is 1.21. The van der Waals surface area contributed by atoms with Gasteiger partial charge in [-0.15, -0.1) is 0 Å². The molecule has 160 valence electrons. The summed E-state index contributed by atoms with van der Waals surface area (Å²) in [4.78, 5) is 46.8. The second-order valence-corrected chi connectivity index (χ2v) is 6.94. The lowest BCUT2D eigenvalue weighted by Gasteiger charge is -2.21. The number of carbonyl (C=O) groups excluding carboxylic acids is 3. The van der Waals surface area contributed by atoms with Crippen LogP contribution in [-0.2, 0) is 30.3 Å². The topological polar surface area (TPSA) is 147 Å². The number of H-pyrrole nitrogens is 1. The van der Waals surface area contributed by atoms with Crippen LogP contribution in [0.15, 0.2) is 24.5 Å². The minimum atomic E-state index is -1.05. The maximum absolute atomic E-state index is 12.8. The van der Waals surface area contributed by atoms with Gasteiger partial charge in [-0.1, -0.05) is 0 Å². The third-order valence-corrected chi connectivity index (χ3v) is 4.33. The summed E-state index contributed by atoms with van der Waals surface area (Å²) in [5.41, 5.74) is 10.8. The van der Waals surface area contributed by atoms with Crippen LogP contribution in [0.1, 0.15) is 32.3 Å². The molecule has 30 heavy (non-hydrogen) atoms. The molecule has 1 amide bonds. The molecule has 2 heterocycles. The van der Waals surface area contributed by atoms with E-state index in [1.807, 2.05) is 6.07 Å². The predicted molar refractivity (Wildman–Crippen MR) is 108 cm³/mol. The van der Waals surface area contributed by atoms with Gasteiger partial charge in [-0.3, -0.25) is 14.6 Å². The number of ether oxygens (including phenoxy) is 2. The van der Waals surface area contributed by atoms with Crippen LogP contribution in [0.2, 0.25) is 0 Å². The van der Waals surface area contributed by atoms with Gasteiger partial charge in [0, 0.05) is 32.3 Å². The number of methoxy groups -OCH3 is 1. The average Bonchev–Trinajstić information content (AvgIpc) is 3.11. The van der Waals surface area contributed by atoms with Gasteiger partial charge in [-0.25, -0.2) is 4.79 Å². The lowest BCUT2D eigenvalue weighted by Crippen LogP contribution is -2.48. The van der Waals surface area contributed by atoms with Gasteiger partial charge in [0.05, 0.1) is 17.1 Å². The molecule has 2 aromatic heterocycles. The standard InChI is InChI=1S/C20H25N5O5/c1-12(2)30-20(28)16(7-6-14(26)11-24-21)25-19(27)17(29-3)9-13-10-23-15-5-4-8-22-18(13)15/h4-5,8,10-12,16-17,23H,6-7,9H2,1-3H3,(H,25,27)/t16-,17-/m0/s1. The molecule has 2 N–H and O–H groups in total. The molecule has 0 unspecified atom stereocenters. The number of Topliss-reactive ketones (excluding diaryl/α,β-unsaturated/α-hetero) is 1. The summed E-state index contributed by atoms with van der Waals surface area (Å²) in [6, 6.07) is 2.63. The van der Waals surface area contributed by atoms with E-state index in [1.165, 1.54) is 7.11 Å². The first-order valence-electron chi connectivity index (χ1n) is 9.50. The number of pyridine rings is 1. The Labute approximate surface area is 173 Å². The molecule has 0 aliphatic heterocycles. The lowest BCUT2D eigenvalue weighted by molar-refractivity contribution is -0.152. The molecule has 0 spiro atoms. The van der Waals surface area contributed by atoms with Gasteiger partial charge in [0.25, 0.3) is 0 Å².